The molecule has 0 saturated carbocycles. The second kappa shape index (κ2) is 8.76. The van der Waals surface area contributed by atoms with Crippen LogP contribution in [0.15, 0.2) is 70.7 Å². The summed E-state index contributed by atoms with van der Waals surface area (Å²) >= 11 is 2.63. The fourth-order valence-corrected chi connectivity index (χ4v) is 5.25. The number of carbonyl (C=O) groups excluding carboxylic acids is 1. The minimum atomic E-state index is -0.220. The zero-order valence-electron chi connectivity index (χ0n) is 17.9. The van der Waals surface area contributed by atoms with E-state index in [-0.39, 0.29) is 17.2 Å². The number of pyridine rings is 1. The molecule has 0 aliphatic heterocycles. The van der Waals surface area contributed by atoms with Crippen LogP contribution in [0, 0.1) is 13.8 Å². The first-order chi connectivity index (χ1) is 16.0. The molecular formula is C24H19N5O2S2. The Labute approximate surface area is 197 Å². The van der Waals surface area contributed by atoms with Crippen molar-refractivity contribution in [3.8, 4) is 5.82 Å². The predicted molar refractivity (Wildman–Crippen MR) is 134 cm³/mol. The number of thiazole rings is 1. The normalized spacial score (nSPS) is 11.2. The number of rotatable bonds is 5. The molecule has 3 aromatic heterocycles. The molecule has 0 aliphatic carbocycles. The number of nitrogens with one attached hydrogen (secondary N) is 1. The molecule has 0 bridgehead atoms. The van der Waals surface area contributed by atoms with Crippen molar-refractivity contribution < 1.29 is 4.79 Å². The summed E-state index contributed by atoms with van der Waals surface area (Å²) in [5, 5.41) is 4.32. The third-order valence-corrected chi connectivity index (χ3v) is 6.93. The van der Waals surface area contributed by atoms with E-state index in [1.807, 2.05) is 50.2 Å². The van der Waals surface area contributed by atoms with Gasteiger partial charge in [0.05, 0.1) is 26.9 Å². The van der Waals surface area contributed by atoms with Crippen molar-refractivity contribution in [2.75, 3.05) is 11.1 Å². The summed E-state index contributed by atoms with van der Waals surface area (Å²) in [6.45, 7) is 3.91. The number of thioether (sulfide) groups is 1. The summed E-state index contributed by atoms with van der Waals surface area (Å²) in [5.41, 5.74) is 3.20. The van der Waals surface area contributed by atoms with Gasteiger partial charge in [-0.3, -0.25) is 9.59 Å². The van der Waals surface area contributed by atoms with Gasteiger partial charge in [-0.25, -0.2) is 19.5 Å². The fourth-order valence-electron chi connectivity index (χ4n) is 3.48. The number of benzene rings is 2. The van der Waals surface area contributed by atoms with Gasteiger partial charge in [-0.15, -0.1) is 0 Å². The van der Waals surface area contributed by atoms with Crippen LogP contribution in [0.1, 0.15) is 11.1 Å². The number of aryl methyl sites for hydroxylation is 2. The van der Waals surface area contributed by atoms with Crippen LogP contribution in [-0.2, 0) is 4.79 Å². The molecule has 2 aromatic carbocycles. The highest BCUT2D eigenvalue weighted by Crippen LogP contribution is 2.27. The van der Waals surface area contributed by atoms with E-state index < -0.39 is 0 Å². The van der Waals surface area contributed by atoms with E-state index in [0.29, 0.717) is 27.0 Å². The zero-order chi connectivity index (χ0) is 22.9. The van der Waals surface area contributed by atoms with Crippen molar-refractivity contribution >= 4 is 55.3 Å². The second-order valence-electron chi connectivity index (χ2n) is 7.52. The molecule has 33 heavy (non-hydrogen) atoms. The first-order valence-corrected chi connectivity index (χ1v) is 12.0. The maximum Gasteiger partial charge on any atom is 0.267 e. The summed E-state index contributed by atoms with van der Waals surface area (Å²) in [6.07, 6.45) is 1.64. The molecule has 0 radical (unpaired) electrons. The SMILES string of the molecule is Cc1ccc2nc(NC(=O)CSc3nc4ccccc4c(=O)n3-c3ncccc3C)sc2c1. The van der Waals surface area contributed by atoms with Gasteiger partial charge in [-0.05, 0) is 55.3 Å². The number of hydrogen-bond donors (Lipinski definition) is 1. The fraction of sp³-hybridized carbons (Fsp3) is 0.125. The van der Waals surface area contributed by atoms with E-state index in [1.54, 1.807) is 24.4 Å². The standard InChI is InChI=1S/C24H19N5O2S2/c1-14-9-10-18-19(12-14)33-23(26-18)28-20(30)13-32-24-27-17-8-4-3-7-16(17)22(31)29(24)21-15(2)6-5-11-25-21/h3-12H,13H2,1-2H3,(H,26,28,30). The molecule has 0 spiro atoms. The summed E-state index contributed by atoms with van der Waals surface area (Å²) < 4.78 is 2.50. The van der Waals surface area contributed by atoms with Crippen molar-refractivity contribution in [1.82, 2.24) is 19.5 Å². The molecule has 0 unspecified atom stereocenters. The average Bonchev–Trinajstić information content (AvgIpc) is 3.20. The molecule has 9 heteroatoms. The Morgan fingerprint density at radius 3 is 2.76 bits per heavy atom. The number of nitrogens with zero attached hydrogens (tertiary/aromatic N) is 4. The minimum Gasteiger partial charge on any atom is -0.301 e. The smallest absolute Gasteiger partial charge is 0.267 e. The lowest BCUT2D eigenvalue weighted by molar-refractivity contribution is -0.113. The number of para-hydroxylation sites is 1. The van der Waals surface area contributed by atoms with Gasteiger partial charge in [-0.2, -0.15) is 0 Å². The van der Waals surface area contributed by atoms with E-state index in [2.05, 4.69) is 20.3 Å². The van der Waals surface area contributed by atoms with Crippen molar-refractivity contribution in [3.63, 3.8) is 0 Å². The number of carbonyl (C=O) groups is 1. The summed E-state index contributed by atoms with van der Waals surface area (Å²) in [6, 6.07) is 16.9. The number of hydrogen-bond acceptors (Lipinski definition) is 7. The lowest BCUT2D eigenvalue weighted by Crippen LogP contribution is -2.24. The van der Waals surface area contributed by atoms with E-state index >= 15 is 0 Å². The van der Waals surface area contributed by atoms with Crippen LogP contribution in [0.5, 0.6) is 0 Å². The molecule has 3 heterocycles. The van der Waals surface area contributed by atoms with Crippen molar-refractivity contribution in [3.05, 3.63) is 82.3 Å². The average molecular weight is 474 g/mol. The van der Waals surface area contributed by atoms with Gasteiger partial charge in [0.15, 0.2) is 10.3 Å². The van der Waals surface area contributed by atoms with E-state index in [0.717, 1.165) is 21.3 Å². The topological polar surface area (TPSA) is 89.8 Å². The van der Waals surface area contributed by atoms with E-state index in [9.17, 15) is 9.59 Å². The monoisotopic (exact) mass is 473 g/mol. The summed E-state index contributed by atoms with van der Waals surface area (Å²) in [4.78, 5) is 39.6. The number of anilines is 1. The zero-order valence-corrected chi connectivity index (χ0v) is 19.5. The molecule has 7 nitrogen and oxygen atoms in total. The van der Waals surface area contributed by atoms with Crippen LogP contribution in [0.3, 0.4) is 0 Å². The Balaban J connectivity index is 1.45. The van der Waals surface area contributed by atoms with E-state index in [1.165, 1.54) is 27.7 Å². The van der Waals surface area contributed by atoms with Crippen LogP contribution in [0.4, 0.5) is 5.13 Å². The highest BCUT2D eigenvalue weighted by Gasteiger charge is 2.17. The second-order valence-corrected chi connectivity index (χ2v) is 9.50. The quantitative estimate of drug-likeness (QED) is 0.293. The molecule has 1 N–H and O–H groups in total. The van der Waals surface area contributed by atoms with Gasteiger partial charge >= 0.3 is 0 Å². The Morgan fingerprint density at radius 2 is 1.91 bits per heavy atom. The number of aromatic nitrogens is 4. The third-order valence-electron chi connectivity index (χ3n) is 5.06. The van der Waals surface area contributed by atoms with Gasteiger partial charge in [0, 0.05) is 6.20 Å². The van der Waals surface area contributed by atoms with Crippen LogP contribution in [0.25, 0.3) is 26.9 Å². The van der Waals surface area contributed by atoms with Gasteiger partial charge in [-0.1, -0.05) is 47.4 Å². The van der Waals surface area contributed by atoms with Crippen LogP contribution >= 0.6 is 23.1 Å². The molecule has 0 saturated heterocycles. The maximum atomic E-state index is 13.3. The summed E-state index contributed by atoms with van der Waals surface area (Å²) in [7, 11) is 0. The van der Waals surface area contributed by atoms with Gasteiger partial charge < -0.3 is 5.32 Å². The molecule has 5 rings (SSSR count). The molecule has 164 valence electrons. The first kappa shape index (κ1) is 21.3. The maximum absolute atomic E-state index is 13.3. The third kappa shape index (κ3) is 4.24. The molecule has 0 fully saturated rings. The van der Waals surface area contributed by atoms with Gasteiger partial charge in [0.1, 0.15) is 5.82 Å². The number of fused-ring (bicyclic) bond motifs is 2. The van der Waals surface area contributed by atoms with Crippen LogP contribution in [0.2, 0.25) is 0 Å². The summed E-state index contributed by atoms with van der Waals surface area (Å²) in [5.74, 6) is 0.360. The van der Waals surface area contributed by atoms with Crippen molar-refractivity contribution in [2.45, 2.75) is 19.0 Å². The Bertz CT molecular complexity index is 1570. The Kier molecular flexibility index (Phi) is 5.65. The Hall–Kier alpha value is -3.56. The van der Waals surface area contributed by atoms with Crippen LogP contribution in [-0.4, -0.2) is 31.2 Å². The van der Waals surface area contributed by atoms with Crippen molar-refractivity contribution in [2.24, 2.45) is 0 Å². The molecule has 5 aromatic rings. The van der Waals surface area contributed by atoms with Crippen molar-refractivity contribution in [1.29, 1.82) is 0 Å². The highest BCUT2D eigenvalue weighted by atomic mass is 32.2. The lowest BCUT2D eigenvalue weighted by Gasteiger charge is -2.13. The predicted octanol–water partition coefficient (Wildman–Crippen LogP) is 4.74. The largest absolute Gasteiger partial charge is 0.301 e. The van der Waals surface area contributed by atoms with Gasteiger partial charge in [0.2, 0.25) is 5.91 Å². The molecule has 1 amide bonds. The van der Waals surface area contributed by atoms with Gasteiger partial charge in [0.25, 0.3) is 5.56 Å². The van der Waals surface area contributed by atoms with E-state index in [4.69, 9.17) is 0 Å². The molecular weight excluding hydrogens is 454 g/mol. The number of amides is 1. The van der Waals surface area contributed by atoms with Crippen LogP contribution < -0.4 is 10.9 Å². The first-order valence-electron chi connectivity index (χ1n) is 10.2. The molecule has 0 aliphatic rings. The minimum absolute atomic E-state index is 0.0750. The lowest BCUT2D eigenvalue weighted by atomic mass is 10.2. The molecule has 0 atom stereocenters. The highest BCUT2D eigenvalue weighted by molar-refractivity contribution is 7.99. The Morgan fingerprint density at radius 1 is 1.06 bits per heavy atom.